The monoisotopic (exact) mass is 258 g/mol. The average Bonchev–Trinajstić information content (AvgIpc) is 1.96. The SMILES string of the molecule is [2H]C([2H])(I)CCCCC(=O)OC. The second-order valence-corrected chi connectivity index (χ2v) is 2.68. The van der Waals surface area contributed by atoms with Crippen LogP contribution in [0.15, 0.2) is 0 Å². The molecule has 0 aliphatic heterocycles. The fourth-order valence-electron chi connectivity index (χ4n) is 0.563. The lowest BCUT2D eigenvalue weighted by molar-refractivity contribution is -0.140. The number of carbonyl (C=O) groups excluding carboxylic acids is 1. The number of hydrogen-bond acceptors (Lipinski definition) is 2. The van der Waals surface area contributed by atoms with Crippen molar-refractivity contribution in [1.29, 1.82) is 0 Å². The molecule has 0 bridgehead atoms. The number of alkyl halides is 1. The van der Waals surface area contributed by atoms with Crippen molar-refractivity contribution in [2.75, 3.05) is 11.5 Å². The zero-order valence-electron chi connectivity index (χ0n) is 8.02. The third-order valence-corrected chi connectivity index (χ3v) is 1.67. The molecule has 0 unspecified atom stereocenters. The van der Waals surface area contributed by atoms with Crippen molar-refractivity contribution in [2.24, 2.45) is 0 Å². The number of halogens is 1. The molecule has 10 heavy (non-hydrogen) atoms. The van der Waals surface area contributed by atoms with E-state index in [0.29, 0.717) is 19.3 Å². The van der Waals surface area contributed by atoms with Crippen LogP contribution in [0.3, 0.4) is 0 Å². The number of ether oxygens (including phenoxy) is 1. The Hall–Kier alpha value is 0.200. The van der Waals surface area contributed by atoms with Crippen LogP contribution in [0.25, 0.3) is 0 Å². The predicted molar refractivity (Wildman–Crippen MR) is 49.4 cm³/mol. The Kier molecular flexibility index (Phi) is 5.03. The van der Waals surface area contributed by atoms with E-state index in [0.717, 1.165) is 6.42 Å². The molecular weight excluding hydrogens is 243 g/mol. The van der Waals surface area contributed by atoms with Crippen LogP contribution in [-0.2, 0) is 9.53 Å². The largest absolute Gasteiger partial charge is 0.469 e. The molecule has 60 valence electrons. The van der Waals surface area contributed by atoms with Gasteiger partial charge in [0.05, 0.1) is 7.11 Å². The van der Waals surface area contributed by atoms with E-state index in [4.69, 9.17) is 2.74 Å². The summed E-state index contributed by atoms with van der Waals surface area (Å²) >= 11 is 1.76. The molecule has 0 radical (unpaired) electrons. The van der Waals surface area contributed by atoms with Crippen LogP contribution in [-0.4, -0.2) is 17.5 Å². The van der Waals surface area contributed by atoms with Crippen LogP contribution in [0.1, 0.15) is 28.4 Å². The summed E-state index contributed by atoms with van der Waals surface area (Å²) in [5.41, 5.74) is 0. The summed E-state index contributed by atoms with van der Waals surface area (Å²) in [6.07, 6.45) is 2.31. The number of rotatable bonds is 5. The summed E-state index contributed by atoms with van der Waals surface area (Å²) in [5.74, 6) is -0.219. The van der Waals surface area contributed by atoms with Gasteiger partial charge in [-0.1, -0.05) is 29.0 Å². The van der Waals surface area contributed by atoms with E-state index in [2.05, 4.69) is 4.74 Å². The van der Waals surface area contributed by atoms with E-state index in [1.54, 1.807) is 22.6 Å². The molecule has 0 saturated carbocycles. The van der Waals surface area contributed by atoms with E-state index < -0.39 is 4.38 Å². The van der Waals surface area contributed by atoms with E-state index in [9.17, 15) is 4.79 Å². The van der Waals surface area contributed by atoms with Crippen molar-refractivity contribution in [3.8, 4) is 0 Å². The Bertz CT molecular complexity index is 145. The van der Waals surface area contributed by atoms with Crippen molar-refractivity contribution in [1.82, 2.24) is 0 Å². The highest BCUT2D eigenvalue weighted by Crippen LogP contribution is 2.02. The normalized spacial score (nSPS) is 13.8. The van der Waals surface area contributed by atoms with Gasteiger partial charge < -0.3 is 4.74 Å². The molecule has 0 aliphatic carbocycles. The van der Waals surface area contributed by atoms with Crippen LogP contribution < -0.4 is 0 Å². The number of hydrogen-bond donors (Lipinski definition) is 0. The van der Waals surface area contributed by atoms with Gasteiger partial charge in [0.1, 0.15) is 0 Å². The fourth-order valence-corrected chi connectivity index (χ4v) is 0.945. The fraction of sp³-hybridized carbons (Fsp3) is 0.857. The minimum atomic E-state index is -1.14. The average molecular weight is 258 g/mol. The maximum Gasteiger partial charge on any atom is 0.305 e. The van der Waals surface area contributed by atoms with Gasteiger partial charge in [-0.2, -0.15) is 0 Å². The van der Waals surface area contributed by atoms with Gasteiger partial charge in [-0.3, -0.25) is 4.79 Å². The van der Waals surface area contributed by atoms with Gasteiger partial charge in [0.25, 0.3) is 0 Å². The number of methoxy groups -OCH3 is 1. The van der Waals surface area contributed by atoms with Gasteiger partial charge in [0.2, 0.25) is 0 Å². The summed E-state index contributed by atoms with van der Waals surface area (Å²) < 4.78 is 17.7. The summed E-state index contributed by atoms with van der Waals surface area (Å²) in [5, 5.41) is 0. The molecule has 0 rings (SSSR count). The molecule has 0 aromatic carbocycles. The summed E-state index contributed by atoms with van der Waals surface area (Å²) in [6, 6.07) is 0. The second-order valence-electron chi connectivity index (χ2n) is 1.92. The number of esters is 1. The van der Waals surface area contributed by atoms with Crippen LogP contribution in [0, 0.1) is 0 Å². The molecular formula is C7H13IO2. The van der Waals surface area contributed by atoms with Crippen LogP contribution >= 0.6 is 22.6 Å². The molecule has 0 amide bonds. The third kappa shape index (κ3) is 6.32. The van der Waals surface area contributed by atoms with Crippen molar-refractivity contribution in [3.63, 3.8) is 0 Å². The molecule has 0 fully saturated rings. The summed E-state index contributed by atoms with van der Waals surface area (Å²) in [4.78, 5) is 10.6. The van der Waals surface area contributed by atoms with Crippen molar-refractivity contribution in [3.05, 3.63) is 0 Å². The quantitative estimate of drug-likeness (QED) is 0.327. The minimum Gasteiger partial charge on any atom is -0.469 e. The zero-order chi connectivity index (χ0) is 9.61. The van der Waals surface area contributed by atoms with E-state index in [-0.39, 0.29) is 5.97 Å². The summed E-state index contributed by atoms with van der Waals surface area (Å²) in [7, 11) is 1.36. The second kappa shape index (κ2) is 7.31. The molecule has 0 aromatic rings. The van der Waals surface area contributed by atoms with Gasteiger partial charge in [0.15, 0.2) is 0 Å². The smallest absolute Gasteiger partial charge is 0.305 e. The molecule has 0 atom stereocenters. The maximum absolute atomic E-state index is 10.6. The Morgan fingerprint density at radius 3 is 2.80 bits per heavy atom. The molecule has 0 saturated heterocycles. The Balaban J connectivity index is 3.28. The first-order valence-corrected chi connectivity index (χ1v) is 4.29. The van der Waals surface area contributed by atoms with Crippen molar-refractivity contribution in [2.45, 2.75) is 25.7 Å². The minimum absolute atomic E-state index is 0.219. The standard InChI is InChI=1S/C7H13IO2/c1-10-7(9)5-3-2-4-6-8/h2-6H2,1H3/i6D2. The van der Waals surface area contributed by atoms with Crippen LogP contribution in [0.5, 0.6) is 0 Å². The molecule has 0 aliphatic rings. The Morgan fingerprint density at radius 1 is 1.60 bits per heavy atom. The first-order chi connectivity index (χ1) is 5.45. The highest BCUT2D eigenvalue weighted by atomic mass is 127. The van der Waals surface area contributed by atoms with Crippen LogP contribution in [0.2, 0.25) is 0 Å². The van der Waals surface area contributed by atoms with Gasteiger partial charge in [-0.25, -0.2) is 0 Å². The summed E-state index contributed by atoms with van der Waals surface area (Å²) in [6.45, 7) is 0. The lowest BCUT2D eigenvalue weighted by Gasteiger charge is -1.96. The van der Waals surface area contributed by atoms with E-state index in [1.807, 2.05) is 0 Å². The Morgan fingerprint density at radius 2 is 2.30 bits per heavy atom. The molecule has 2 nitrogen and oxygen atoms in total. The molecule has 0 heterocycles. The topological polar surface area (TPSA) is 26.3 Å². The van der Waals surface area contributed by atoms with E-state index >= 15 is 0 Å². The molecule has 0 spiro atoms. The third-order valence-electron chi connectivity index (χ3n) is 1.13. The predicted octanol–water partition coefficient (Wildman–Crippen LogP) is 2.15. The lowest BCUT2D eigenvalue weighted by atomic mass is 10.2. The van der Waals surface area contributed by atoms with Gasteiger partial charge in [0, 0.05) is 9.16 Å². The van der Waals surface area contributed by atoms with Crippen molar-refractivity contribution >= 4 is 28.6 Å². The highest BCUT2D eigenvalue weighted by molar-refractivity contribution is 14.1. The Labute approximate surface area is 78.3 Å². The van der Waals surface area contributed by atoms with Gasteiger partial charge >= 0.3 is 5.97 Å². The molecule has 3 heteroatoms. The zero-order valence-corrected chi connectivity index (χ0v) is 8.18. The molecule has 0 aromatic heterocycles. The van der Waals surface area contributed by atoms with Crippen LogP contribution in [0.4, 0.5) is 0 Å². The highest BCUT2D eigenvalue weighted by Gasteiger charge is 1.97. The lowest BCUT2D eigenvalue weighted by Crippen LogP contribution is -1.99. The van der Waals surface area contributed by atoms with Gasteiger partial charge in [-0.05, 0) is 17.2 Å². The number of unbranched alkanes of at least 4 members (excludes halogenated alkanes) is 1. The van der Waals surface area contributed by atoms with Crippen molar-refractivity contribution < 1.29 is 12.3 Å². The molecule has 0 N–H and O–H groups in total. The van der Waals surface area contributed by atoms with E-state index in [1.165, 1.54) is 7.11 Å². The first-order valence-electron chi connectivity index (χ1n) is 4.21. The van der Waals surface area contributed by atoms with Gasteiger partial charge in [-0.15, -0.1) is 0 Å². The maximum atomic E-state index is 10.6. The first kappa shape index (κ1) is 6.88. The number of carbonyl (C=O) groups is 1.